The van der Waals surface area contributed by atoms with Gasteiger partial charge in [-0.3, -0.25) is 13.9 Å². The fourth-order valence-electron chi connectivity index (χ4n) is 4.64. The minimum absolute atomic E-state index is 0.0478. The number of hydrogen-bond donors (Lipinski definition) is 0. The zero-order chi connectivity index (χ0) is 22.2. The van der Waals surface area contributed by atoms with Crippen LogP contribution in [0.25, 0.3) is 22.0 Å². The number of aryl methyl sites for hydroxylation is 3. The lowest BCUT2D eigenvalue weighted by molar-refractivity contribution is -0.134. The molecule has 0 fully saturated rings. The Balaban J connectivity index is 1.35. The molecule has 7 heteroatoms. The second kappa shape index (κ2) is 8.15. The number of nitrogens with zero attached hydrogens (tertiary/aromatic N) is 2. The zero-order valence-corrected chi connectivity index (χ0v) is 17.9. The van der Waals surface area contributed by atoms with E-state index in [-0.39, 0.29) is 24.3 Å². The standard InChI is InChI=1S/C25H24N2O5/c1-2-13-26-20-8-3-4-9-21(20)27(25(26)30)14-12-23(28)31-16-10-11-18-17-6-5-7-19(17)24(29)32-22(18)15-16/h3-4,8-11,15H,2,5-7,12-14H2,1H3. The van der Waals surface area contributed by atoms with Gasteiger partial charge in [-0.2, -0.15) is 0 Å². The first-order chi connectivity index (χ1) is 15.6. The van der Waals surface area contributed by atoms with Crippen molar-refractivity contribution in [3.05, 3.63) is 74.5 Å². The van der Waals surface area contributed by atoms with Crippen LogP contribution in [0.4, 0.5) is 0 Å². The molecule has 2 aromatic heterocycles. The maximum atomic E-state index is 12.9. The van der Waals surface area contributed by atoms with Crippen LogP contribution in [0.5, 0.6) is 5.75 Å². The summed E-state index contributed by atoms with van der Waals surface area (Å²) in [6.07, 6.45) is 3.45. The number of imidazole rings is 1. The number of benzene rings is 2. The lowest BCUT2D eigenvalue weighted by Crippen LogP contribution is -2.25. The highest BCUT2D eigenvalue weighted by atomic mass is 16.5. The molecular formula is C25H24N2O5. The smallest absolute Gasteiger partial charge is 0.339 e. The summed E-state index contributed by atoms with van der Waals surface area (Å²) in [4.78, 5) is 37.6. The van der Waals surface area contributed by atoms with Crippen molar-refractivity contribution in [3.63, 3.8) is 0 Å². The first kappa shape index (κ1) is 20.3. The van der Waals surface area contributed by atoms with Gasteiger partial charge in [0.05, 0.1) is 17.5 Å². The van der Waals surface area contributed by atoms with E-state index in [2.05, 4.69) is 0 Å². The lowest BCUT2D eigenvalue weighted by Gasteiger charge is -2.08. The number of carbonyl (C=O) groups is 1. The van der Waals surface area contributed by atoms with Gasteiger partial charge in [0.25, 0.3) is 0 Å². The Hall–Kier alpha value is -3.61. The third-order valence-electron chi connectivity index (χ3n) is 6.09. The van der Waals surface area contributed by atoms with Crippen LogP contribution in [0.3, 0.4) is 0 Å². The largest absolute Gasteiger partial charge is 0.426 e. The Labute approximate surface area is 183 Å². The number of ether oxygens (including phenoxy) is 1. The van der Waals surface area contributed by atoms with E-state index in [1.807, 2.05) is 37.3 Å². The van der Waals surface area contributed by atoms with Crippen LogP contribution in [0.2, 0.25) is 0 Å². The first-order valence-electron chi connectivity index (χ1n) is 11.0. The van der Waals surface area contributed by atoms with E-state index in [1.54, 1.807) is 21.3 Å². The molecule has 0 unspecified atom stereocenters. The van der Waals surface area contributed by atoms with Gasteiger partial charge in [-0.25, -0.2) is 9.59 Å². The monoisotopic (exact) mass is 432 g/mol. The fraction of sp³-hybridized carbons (Fsp3) is 0.320. The highest BCUT2D eigenvalue weighted by molar-refractivity contribution is 5.84. The Kier molecular flexibility index (Phi) is 5.17. The van der Waals surface area contributed by atoms with E-state index in [0.717, 1.165) is 53.2 Å². The summed E-state index contributed by atoms with van der Waals surface area (Å²) >= 11 is 0. The second-order valence-electron chi connectivity index (χ2n) is 8.16. The number of para-hydroxylation sites is 2. The summed E-state index contributed by atoms with van der Waals surface area (Å²) in [6, 6.07) is 12.7. The molecule has 0 N–H and O–H groups in total. The van der Waals surface area contributed by atoms with E-state index in [0.29, 0.717) is 17.9 Å². The molecule has 1 aliphatic rings. The van der Waals surface area contributed by atoms with Gasteiger partial charge >= 0.3 is 17.3 Å². The Morgan fingerprint density at radius 3 is 2.47 bits per heavy atom. The molecule has 0 aliphatic heterocycles. The van der Waals surface area contributed by atoms with Crippen LogP contribution in [0.15, 0.2) is 56.5 Å². The van der Waals surface area contributed by atoms with Crippen molar-refractivity contribution in [3.8, 4) is 5.75 Å². The van der Waals surface area contributed by atoms with Gasteiger partial charge in [0.2, 0.25) is 0 Å². The SMILES string of the molecule is CCCn1c(=O)n(CCC(=O)Oc2ccc3c4c(c(=O)oc3c2)CCC4)c2ccccc21. The molecule has 1 aliphatic carbocycles. The number of fused-ring (bicyclic) bond motifs is 4. The minimum Gasteiger partial charge on any atom is -0.426 e. The lowest BCUT2D eigenvalue weighted by atomic mass is 10.1. The molecule has 0 spiro atoms. The van der Waals surface area contributed by atoms with Crippen LogP contribution >= 0.6 is 0 Å². The molecule has 0 amide bonds. The highest BCUT2D eigenvalue weighted by Gasteiger charge is 2.20. The van der Waals surface area contributed by atoms with Crippen LogP contribution in [-0.4, -0.2) is 15.1 Å². The fourth-order valence-corrected chi connectivity index (χ4v) is 4.64. The van der Waals surface area contributed by atoms with Crippen molar-refractivity contribution in [1.29, 1.82) is 0 Å². The molecule has 2 aromatic carbocycles. The molecule has 0 saturated heterocycles. The van der Waals surface area contributed by atoms with Crippen LogP contribution in [0.1, 0.15) is 37.3 Å². The highest BCUT2D eigenvalue weighted by Crippen LogP contribution is 2.29. The van der Waals surface area contributed by atoms with Crippen molar-refractivity contribution in [2.45, 2.75) is 52.1 Å². The second-order valence-corrected chi connectivity index (χ2v) is 8.16. The number of esters is 1. The Morgan fingerprint density at radius 1 is 1.00 bits per heavy atom. The molecule has 4 aromatic rings. The molecule has 32 heavy (non-hydrogen) atoms. The van der Waals surface area contributed by atoms with Crippen molar-refractivity contribution < 1.29 is 13.9 Å². The summed E-state index contributed by atoms with van der Waals surface area (Å²) in [5.74, 6) is -0.128. The molecule has 2 heterocycles. The predicted octanol–water partition coefficient (Wildman–Crippen LogP) is 3.80. The van der Waals surface area contributed by atoms with Crippen molar-refractivity contribution in [1.82, 2.24) is 9.13 Å². The van der Waals surface area contributed by atoms with E-state index >= 15 is 0 Å². The first-order valence-corrected chi connectivity index (χ1v) is 11.0. The summed E-state index contributed by atoms with van der Waals surface area (Å²) in [5.41, 5.74) is 3.47. The molecule has 0 saturated carbocycles. The van der Waals surface area contributed by atoms with Crippen LogP contribution < -0.4 is 16.1 Å². The third-order valence-corrected chi connectivity index (χ3v) is 6.09. The van der Waals surface area contributed by atoms with Crippen molar-refractivity contribution in [2.75, 3.05) is 0 Å². The van der Waals surface area contributed by atoms with Crippen LogP contribution in [0, 0.1) is 0 Å². The van der Waals surface area contributed by atoms with Gasteiger partial charge in [-0.05, 0) is 55.5 Å². The normalized spacial score (nSPS) is 13.0. The minimum atomic E-state index is -0.452. The molecule has 7 nitrogen and oxygen atoms in total. The Bertz CT molecular complexity index is 1460. The van der Waals surface area contributed by atoms with E-state index in [1.165, 1.54) is 0 Å². The topological polar surface area (TPSA) is 83.4 Å². The maximum Gasteiger partial charge on any atom is 0.339 e. The maximum absolute atomic E-state index is 12.9. The van der Waals surface area contributed by atoms with Crippen molar-refractivity contribution in [2.24, 2.45) is 0 Å². The van der Waals surface area contributed by atoms with Gasteiger partial charge in [0.15, 0.2) is 0 Å². The summed E-state index contributed by atoms with van der Waals surface area (Å²) in [5, 5.41) is 0.896. The summed E-state index contributed by atoms with van der Waals surface area (Å²) in [6.45, 7) is 2.88. The van der Waals surface area contributed by atoms with Gasteiger partial charge in [0.1, 0.15) is 11.3 Å². The quantitative estimate of drug-likeness (QED) is 0.263. The van der Waals surface area contributed by atoms with Crippen molar-refractivity contribution >= 4 is 28.0 Å². The van der Waals surface area contributed by atoms with Crippen LogP contribution in [-0.2, 0) is 30.7 Å². The number of hydrogen-bond acceptors (Lipinski definition) is 5. The average molecular weight is 432 g/mol. The molecule has 164 valence electrons. The Morgan fingerprint density at radius 2 is 1.72 bits per heavy atom. The molecule has 0 radical (unpaired) electrons. The number of aromatic nitrogens is 2. The number of carbonyl (C=O) groups excluding carboxylic acids is 1. The van der Waals surface area contributed by atoms with Gasteiger partial charge < -0.3 is 9.15 Å². The van der Waals surface area contributed by atoms with Gasteiger partial charge in [0, 0.05) is 30.1 Å². The van der Waals surface area contributed by atoms with Gasteiger partial charge in [-0.1, -0.05) is 19.1 Å². The van der Waals surface area contributed by atoms with E-state index in [9.17, 15) is 14.4 Å². The molecule has 5 rings (SSSR count). The average Bonchev–Trinajstić information content (AvgIpc) is 3.37. The van der Waals surface area contributed by atoms with E-state index in [4.69, 9.17) is 9.15 Å². The zero-order valence-electron chi connectivity index (χ0n) is 17.9. The third kappa shape index (κ3) is 3.43. The molecule has 0 bridgehead atoms. The summed E-state index contributed by atoms with van der Waals surface area (Å²) in [7, 11) is 0. The van der Waals surface area contributed by atoms with E-state index < -0.39 is 5.97 Å². The number of rotatable bonds is 6. The molecular weight excluding hydrogens is 408 g/mol. The molecule has 0 atom stereocenters. The van der Waals surface area contributed by atoms with Gasteiger partial charge in [-0.15, -0.1) is 0 Å². The predicted molar refractivity (Wildman–Crippen MR) is 121 cm³/mol. The summed E-state index contributed by atoms with van der Waals surface area (Å²) < 4.78 is 14.3.